The lowest BCUT2D eigenvalue weighted by molar-refractivity contribution is -0.138. The second-order valence-corrected chi connectivity index (χ2v) is 4.97. The van der Waals surface area contributed by atoms with Crippen LogP contribution in [0.4, 0.5) is 0 Å². The van der Waals surface area contributed by atoms with Gasteiger partial charge in [0.2, 0.25) is 0 Å². The predicted octanol–water partition coefficient (Wildman–Crippen LogP) is -0.279. The molecule has 0 aliphatic rings. The summed E-state index contributed by atoms with van der Waals surface area (Å²) in [5, 5.41) is 18.6. The number of aliphatic hydroxyl groups excluding tert-OH is 1. The maximum Gasteiger partial charge on any atom is 0.317 e. The fourth-order valence-corrected chi connectivity index (χ4v) is 1.42. The molecule has 0 aromatic rings. The van der Waals surface area contributed by atoms with Crippen molar-refractivity contribution in [2.24, 2.45) is 0 Å². The summed E-state index contributed by atoms with van der Waals surface area (Å²) in [6, 6.07) is 0. The molecule has 0 aromatic heterocycles. The molecule has 0 spiro atoms. The number of carboxylic acids is 1. The summed E-state index contributed by atoms with van der Waals surface area (Å²) in [5.41, 5.74) is 0. The highest BCUT2D eigenvalue weighted by molar-refractivity contribution is 5.69. The van der Waals surface area contributed by atoms with Gasteiger partial charge in [0, 0.05) is 19.6 Å². The third-order valence-corrected chi connectivity index (χ3v) is 2.31. The molecule has 0 radical (unpaired) electrons. The molecule has 0 bridgehead atoms. The van der Waals surface area contributed by atoms with Crippen LogP contribution in [0.2, 0.25) is 0 Å². The fraction of sp³-hybridized carbons (Fsp3) is 0.917. The molecule has 0 saturated carbocycles. The quantitative estimate of drug-likeness (QED) is 0.564. The van der Waals surface area contributed by atoms with Gasteiger partial charge in [-0.1, -0.05) is 0 Å². The minimum Gasteiger partial charge on any atom is -0.480 e. The van der Waals surface area contributed by atoms with Crippen LogP contribution in [0.15, 0.2) is 0 Å². The van der Waals surface area contributed by atoms with E-state index in [0.717, 1.165) is 6.54 Å². The van der Waals surface area contributed by atoms with Crippen molar-refractivity contribution in [3.8, 4) is 0 Å². The number of hydrogen-bond acceptors (Lipinski definition) is 5. The zero-order valence-electron chi connectivity index (χ0n) is 11.8. The largest absolute Gasteiger partial charge is 0.480 e. The summed E-state index contributed by atoms with van der Waals surface area (Å²) >= 11 is 0. The predicted molar refractivity (Wildman–Crippen MR) is 69.7 cm³/mol. The van der Waals surface area contributed by atoms with E-state index in [-0.39, 0.29) is 19.3 Å². The van der Waals surface area contributed by atoms with Crippen LogP contribution in [0.1, 0.15) is 13.8 Å². The fourth-order valence-electron chi connectivity index (χ4n) is 1.42. The number of hydrogen-bond donors (Lipinski definition) is 2. The number of aliphatic hydroxyl groups is 1. The van der Waals surface area contributed by atoms with Crippen LogP contribution >= 0.6 is 0 Å². The average molecular weight is 262 g/mol. The second-order valence-electron chi connectivity index (χ2n) is 4.97. The van der Waals surface area contributed by atoms with E-state index < -0.39 is 12.1 Å². The summed E-state index contributed by atoms with van der Waals surface area (Å²) in [7, 11) is 3.86. The molecule has 18 heavy (non-hydrogen) atoms. The van der Waals surface area contributed by atoms with E-state index in [1.807, 2.05) is 32.8 Å². The summed E-state index contributed by atoms with van der Waals surface area (Å²) in [4.78, 5) is 14.4. The summed E-state index contributed by atoms with van der Waals surface area (Å²) < 4.78 is 5.30. The number of rotatable bonds is 10. The Morgan fingerprint density at radius 2 is 1.89 bits per heavy atom. The Bertz CT molecular complexity index is 234. The Kier molecular flexibility index (Phi) is 8.91. The van der Waals surface area contributed by atoms with E-state index in [1.54, 1.807) is 4.90 Å². The van der Waals surface area contributed by atoms with Crippen LogP contribution in [0, 0.1) is 0 Å². The molecule has 6 nitrogen and oxygen atoms in total. The minimum atomic E-state index is -0.884. The van der Waals surface area contributed by atoms with Crippen LogP contribution in [0.25, 0.3) is 0 Å². The molecule has 6 heteroatoms. The van der Waals surface area contributed by atoms with Gasteiger partial charge < -0.3 is 19.8 Å². The van der Waals surface area contributed by atoms with Crippen molar-refractivity contribution in [2.75, 3.05) is 46.9 Å². The zero-order valence-corrected chi connectivity index (χ0v) is 11.8. The smallest absolute Gasteiger partial charge is 0.317 e. The highest BCUT2D eigenvalue weighted by Crippen LogP contribution is 1.97. The molecule has 0 aliphatic heterocycles. The molecule has 0 heterocycles. The highest BCUT2D eigenvalue weighted by Gasteiger charge is 2.15. The second kappa shape index (κ2) is 9.27. The normalized spacial score (nSPS) is 13.6. The lowest BCUT2D eigenvalue weighted by atomic mass is 10.3. The maximum absolute atomic E-state index is 10.7. The van der Waals surface area contributed by atoms with Gasteiger partial charge >= 0.3 is 5.97 Å². The van der Waals surface area contributed by atoms with Crippen molar-refractivity contribution in [1.29, 1.82) is 0 Å². The molecule has 108 valence electrons. The molecule has 0 aromatic carbocycles. The van der Waals surface area contributed by atoms with Crippen molar-refractivity contribution in [3.05, 3.63) is 0 Å². The van der Waals surface area contributed by atoms with E-state index in [1.165, 1.54) is 0 Å². The van der Waals surface area contributed by atoms with Gasteiger partial charge in [-0.05, 0) is 27.9 Å². The summed E-state index contributed by atoms with van der Waals surface area (Å²) in [5.74, 6) is -0.884. The zero-order chi connectivity index (χ0) is 14.1. The van der Waals surface area contributed by atoms with Crippen LogP contribution in [0.3, 0.4) is 0 Å². The maximum atomic E-state index is 10.7. The first-order chi connectivity index (χ1) is 8.31. The average Bonchev–Trinajstić information content (AvgIpc) is 2.22. The summed E-state index contributed by atoms with van der Waals surface area (Å²) in [6.07, 6.45) is -0.594. The van der Waals surface area contributed by atoms with E-state index in [9.17, 15) is 9.90 Å². The van der Waals surface area contributed by atoms with Gasteiger partial charge in [0.05, 0.1) is 25.4 Å². The van der Waals surface area contributed by atoms with Gasteiger partial charge in [0.15, 0.2) is 0 Å². The number of carboxylic acid groups (broad SMARTS) is 1. The lowest BCUT2D eigenvalue weighted by Crippen LogP contribution is -2.41. The Hall–Kier alpha value is -0.690. The monoisotopic (exact) mass is 262 g/mol. The van der Waals surface area contributed by atoms with Gasteiger partial charge in [-0.15, -0.1) is 0 Å². The molecule has 0 amide bonds. The van der Waals surface area contributed by atoms with Gasteiger partial charge in [-0.3, -0.25) is 9.69 Å². The van der Waals surface area contributed by atoms with Crippen LogP contribution in [-0.4, -0.2) is 85.1 Å². The third kappa shape index (κ3) is 10.5. The first kappa shape index (κ1) is 17.3. The molecule has 0 rings (SSSR count). The highest BCUT2D eigenvalue weighted by atomic mass is 16.5. The Morgan fingerprint density at radius 1 is 1.28 bits per heavy atom. The Morgan fingerprint density at radius 3 is 2.33 bits per heavy atom. The topological polar surface area (TPSA) is 73.2 Å². The van der Waals surface area contributed by atoms with Gasteiger partial charge in [0.25, 0.3) is 0 Å². The van der Waals surface area contributed by atoms with Crippen molar-refractivity contribution in [3.63, 3.8) is 0 Å². The molecule has 1 unspecified atom stereocenters. The number of likely N-dealkylation sites (N-methyl/N-ethyl adjacent to an activating group) is 1. The summed E-state index contributed by atoms with van der Waals surface area (Å²) in [6.45, 7) is 5.64. The molecular formula is C12H26N2O4. The first-order valence-corrected chi connectivity index (χ1v) is 6.19. The van der Waals surface area contributed by atoms with Crippen molar-refractivity contribution in [2.45, 2.75) is 26.1 Å². The SMILES string of the molecule is CC(C)OCC(O)CN(CCN(C)C)CC(=O)O. The molecule has 2 N–H and O–H groups in total. The van der Waals surface area contributed by atoms with Crippen molar-refractivity contribution in [1.82, 2.24) is 9.80 Å². The number of carbonyl (C=O) groups is 1. The van der Waals surface area contributed by atoms with Crippen molar-refractivity contribution >= 4 is 5.97 Å². The number of ether oxygens (including phenoxy) is 1. The van der Waals surface area contributed by atoms with E-state index in [2.05, 4.69) is 0 Å². The Balaban J connectivity index is 4.08. The first-order valence-electron chi connectivity index (χ1n) is 6.19. The molecular weight excluding hydrogens is 236 g/mol. The van der Waals surface area contributed by atoms with Gasteiger partial charge in [-0.25, -0.2) is 0 Å². The molecule has 0 saturated heterocycles. The van der Waals surface area contributed by atoms with Gasteiger partial charge in [0.1, 0.15) is 0 Å². The van der Waals surface area contributed by atoms with Crippen LogP contribution in [0.5, 0.6) is 0 Å². The van der Waals surface area contributed by atoms with Crippen LogP contribution in [-0.2, 0) is 9.53 Å². The van der Waals surface area contributed by atoms with Crippen LogP contribution < -0.4 is 0 Å². The van der Waals surface area contributed by atoms with E-state index in [4.69, 9.17) is 9.84 Å². The third-order valence-electron chi connectivity index (χ3n) is 2.31. The number of nitrogens with zero attached hydrogens (tertiary/aromatic N) is 2. The minimum absolute atomic E-state index is 0.0629. The lowest BCUT2D eigenvalue weighted by Gasteiger charge is -2.25. The van der Waals surface area contributed by atoms with Gasteiger partial charge in [-0.2, -0.15) is 0 Å². The number of aliphatic carboxylic acids is 1. The van der Waals surface area contributed by atoms with Crippen molar-refractivity contribution < 1.29 is 19.7 Å². The molecule has 1 atom stereocenters. The Labute approximate surface area is 109 Å². The molecule has 0 fully saturated rings. The standard InChI is InChI=1S/C12H26N2O4/c1-10(2)18-9-11(15)7-14(8-12(16)17)6-5-13(3)4/h10-11,15H,5-9H2,1-4H3,(H,16,17). The van der Waals surface area contributed by atoms with E-state index in [0.29, 0.717) is 13.1 Å². The molecule has 0 aliphatic carbocycles. The van der Waals surface area contributed by atoms with E-state index >= 15 is 0 Å².